The zero-order chi connectivity index (χ0) is 40.8. The number of carbonyl (C=O) groups excluding carboxylic acids is 2. The second-order valence-electron chi connectivity index (χ2n) is 18.9. The van der Waals surface area contributed by atoms with Crippen molar-refractivity contribution in [3.63, 3.8) is 0 Å². The normalized spacial score (nSPS) is 32.7. The number of alkyl carbamates (subject to hydrolysis) is 1. The van der Waals surface area contributed by atoms with Crippen molar-refractivity contribution in [3.8, 4) is 0 Å². The summed E-state index contributed by atoms with van der Waals surface area (Å²) in [7, 11) is 0. The average molecular weight is 805 g/mol. The van der Waals surface area contributed by atoms with Gasteiger partial charge >= 0.3 is 6.09 Å². The third-order valence-corrected chi connectivity index (χ3v) is 14.9. The summed E-state index contributed by atoms with van der Waals surface area (Å²) in [5.74, 6) is 4.94. The highest BCUT2D eigenvalue weighted by Gasteiger charge is 2.59. The van der Waals surface area contributed by atoms with Gasteiger partial charge in [0.15, 0.2) is 0 Å². The van der Waals surface area contributed by atoms with Crippen LogP contribution < -0.4 is 5.32 Å². The predicted molar refractivity (Wildman–Crippen MR) is 222 cm³/mol. The van der Waals surface area contributed by atoms with Gasteiger partial charge in [-0.15, -0.1) is 0 Å². The summed E-state index contributed by atoms with van der Waals surface area (Å²) in [5, 5.41) is 12.8. The Morgan fingerprint density at radius 3 is 2.28 bits per heavy atom. The molecule has 3 saturated carbocycles. The van der Waals surface area contributed by atoms with Crippen LogP contribution in [0, 0.1) is 46.3 Å². The first-order valence-electron chi connectivity index (χ1n) is 23.0. The first-order chi connectivity index (χ1) is 27.5. The monoisotopic (exact) mass is 805 g/mol. The van der Waals surface area contributed by atoms with Gasteiger partial charge in [0.2, 0.25) is 5.91 Å². The number of β-amino-alcohol motifs (C(OH)–C–C–N with tert-alkyl or cyclic N) is 1. The fourth-order valence-electron chi connectivity index (χ4n) is 11.8. The Balaban J connectivity index is 0.867. The van der Waals surface area contributed by atoms with Crippen LogP contribution in [0.5, 0.6) is 0 Å². The van der Waals surface area contributed by atoms with Crippen LogP contribution in [0.15, 0.2) is 11.6 Å². The van der Waals surface area contributed by atoms with Crippen molar-refractivity contribution in [2.24, 2.45) is 46.3 Å². The lowest BCUT2D eigenvalue weighted by molar-refractivity contribution is -0.134. The van der Waals surface area contributed by atoms with Gasteiger partial charge < -0.3 is 43.7 Å². The number of ether oxygens (including phenoxy) is 6. The number of allylic oxidation sites excluding steroid dienone is 1. The molecule has 57 heavy (non-hydrogen) atoms. The van der Waals surface area contributed by atoms with Crippen molar-refractivity contribution in [3.05, 3.63) is 11.6 Å². The van der Waals surface area contributed by atoms with Crippen molar-refractivity contribution in [2.45, 2.75) is 143 Å². The van der Waals surface area contributed by atoms with Crippen molar-refractivity contribution in [1.29, 1.82) is 0 Å². The lowest BCUT2D eigenvalue weighted by atomic mass is 9.47. The molecule has 2 amide bonds. The molecule has 4 fully saturated rings. The van der Waals surface area contributed by atoms with E-state index >= 15 is 0 Å². The maximum Gasteiger partial charge on any atom is 0.407 e. The molecule has 0 radical (unpaired) electrons. The summed E-state index contributed by atoms with van der Waals surface area (Å²) in [6, 6.07) is -0.0686. The predicted octanol–water partition coefficient (Wildman–Crippen LogP) is 7.58. The molecule has 11 nitrogen and oxygen atoms in total. The maximum atomic E-state index is 12.7. The van der Waals surface area contributed by atoms with Gasteiger partial charge in [-0.1, -0.05) is 65.5 Å². The van der Waals surface area contributed by atoms with Gasteiger partial charge in [-0.05, 0) is 105 Å². The summed E-state index contributed by atoms with van der Waals surface area (Å²) < 4.78 is 33.7. The number of carbonyl (C=O) groups is 2. The molecule has 4 aliphatic carbocycles. The molecule has 328 valence electrons. The average Bonchev–Trinajstić information content (AvgIpc) is 3.74. The standard InChI is InChI=1S/C46H80N2O9/c1-7-52-32-36-30-37(49)31-48(36)43(50)17-21-53-23-25-55-27-28-56-26-24-54-22-20-47-44(51)57-38-15-18-45(5)35(29-38)11-12-39-41-14-13-40(34(4)10-8-9-33(2)3)46(41,6)19-16-42(39)45/h11,33-34,36-42,49H,7-10,12-32H2,1-6H3,(H,47,51)/t34-,36+,37-,38+,39?,40-,41?,42?,45+,46-/m1/s1. The second kappa shape index (κ2) is 22.7. The van der Waals surface area contributed by atoms with Crippen LogP contribution >= 0.6 is 0 Å². The van der Waals surface area contributed by atoms with E-state index in [4.69, 9.17) is 28.4 Å². The van der Waals surface area contributed by atoms with E-state index in [9.17, 15) is 14.7 Å². The van der Waals surface area contributed by atoms with E-state index in [0.29, 0.717) is 91.0 Å². The first-order valence-corrected chi connectivity index (χ1v) is 23.0. The highest BCUT2D eigenvalue weighted by Crippen LogP contribution is 2.67. The van der Waals surface area contributed by atoms with Gasteiger partial charge in [-0.3, -0.25) is 4.79 Å². The van der Waals surface area contributed by atoms with E-state index < -0.39 is 6.10 Å². The summed E-state index contributed by atoms with van der Waals surface area (Å²) >= 11 is 0. The van der Waals surface area contributed by atoms with Gasteiger partial charge in [0.05, 0.1) is 78.0 Å². The molecule has 0 bridgehead atoms. The molecule has 3 unspecified atom stereocenters. The van der Waals surface area contributed by atoms with Crippen LogP contribution in [-0.2, 0) is 33.2 Å². The Hall–Kier alpha value is -1.76. The van der Waals surface area contributed by atoms with E-state index in [1.807, 2.05) is 6.92 Å². The molecule has 5 rings (SSSR count). The van der Waals surface area contributed by atoms with Crippen LogP contribution in [0.3, 0.4) is 0 Å². The minimum absolute atomic E-state index is 0.0222. The Bertz CT molecular complexity index is 1260. The molecule has 1 heterocycles. The lowest BCUT2D eigenvalue weighted by Crippen LogP contribution is -2.51. The van der Waals surface area contributed by atoms with Crippen LogP contribution in [0.1, 0.15) is 125 Å². The molecule has 0 aromatic heterocycles. The minimum atomic E-state index is -0.491. The van der Waals surface area contributed by atoms with Gasteiger partial charge in [0, 0.05) is 26.1 Å². The number of nitrogens with zero attached hydrogens (tertiary/aromatic N) is 1. The molecule has 0 aromatic rings. The molecule has 2 N–H and O–H groups in total. The molecule has 0 spiro atoms. The largest absolute Gasteiger partial charge is 0.446 e. The Morgan fingerprint density at radius 1 is 0.877 bits per heavy atom. The Labute approximate surface area is 345 Å². The van der Waals surface area contributed by atoms with E-state index in [0.717, 1.165) is 54.8 Å². The zero-order valence-electron chi connectivity index (χ0n) is 36.6. The van der Waals surface area contributed by atoms with Gasteiger partial charge in [-0.25, -0.2) is 4.79 Å². The van der Waals surface area contributed by atoms with Crippen molar-refractivity contribution >= 4 is 12.0 Å². The molecular formula is C46H80N2O9. The minimum Gasteiger partial charge on any atom is -0.446 e. The second-order valence-corrected chi connectivity index (χ2v) is 18.9. The van der Waals surface area contributed by atoms with E-state index in [1.54, 1.807) is 10.5 Å². The zero-order valence-corrected chi connectivity index (χ0v) is 36.6. The number of amides is 2. The van der Waals surface area contributed by atoms with Crippen molar-refractivity contribution in [1.82, 2.24) is 10.2 Å². The topological polar surface area (TPSA) is 125 Å². The summed E-state index contributed by atoms with van der Waals surface area (Å²) in [6.07, 6.45) is 16.4. The maximum absolute atomic E-state index is 12.7. The number of rotatable bonds is 24. The lowest BCUT2D eigenvalue weighted by Gasteiger charge is -2.58. The summed E-state index contributed by atoms with van der Waals surface area (Å²) in [4.78, 5) is 26.9. The molecule has 10 atom stereocenters. The number of hydrogen-bond acceptors (Lipinski definition) is 9. The van der Waals surface area contributed by atoms with Gasteiger partial charge in [-0.2, -0.15) is 0 Å². The molecule has 0 aromatic carbocycles. The molecule has 1 saturated heterocycles. The highest BCUT2D eigenvalue weighted by atomic mass is 16.6. The first kappa shape index (κ1) is 46.3. The Morgan fingerprint density at radius 2 is 1.58 bits per heavy atom. The molecule has 1 aliphatic heterocycles. The molecule has 11 heteroatoms. The van der Waals surface area contributed by atoms with Crippen LogP contribution in [-0.4, -0.2) is 119 Å². The number of fused-ring (bicyclic) bond motifs is 5. The van der Waals surface area contributed by atoms with E-state index in [1.165, 1.54) is 51.4 Å². The molecular weight excluding hydrogens is 725 g/mol. The van der Waals surface area contributed by atoms with Crippen LogP contribution in [0.4, 0.5) is 4.79 Å². The van der Waals surface area contributed by atoms with E-state index in [2.05, 4.69) is 46.0 Å². The van der Waals surface area contributed by atoms with Crippen LogP contribution in [0.2, 0.25) is 0 Å². The number of aliphatic hydroxyl groups excluding tert-OH is 1. The summed E-state index contributed by atoms with van der Waals surface area (Å²) in [5.41, 5.74) is 2.30. The molecule has 5 aliphatic rings. The van der Waals surface area contributed by atoms with E-state index in [-0.39, 0.29) is 36.0 Å². The number of likely N-dealkylation sites (tertiary alicyclic amines) is 1. The SMILES string of the molecule is CCOC[C@@H]1C[C@@H](O)CN1C(=O)CCOCCOCCOCCOCCNC(=O)O[C@H]1CC[C@@]2(C)C(=CCC3C2CC[C@@]2(C)C3CC[C@@H]2[C@H](C)CCCC(C)C)C1. The highest BCUT2D eigenvalue weighted by molar-refractivity contribution is 5.77. The Kier molecular flexibility index (Phi) is 18.5. The quantitative estimate of drug-likeness (QED) is 0.0751. The number of aliphatic hydroxyl groups is 1. The smallest absolute Gasteiger partial charge is 0.407 e. The fourth-order valence-corrected chi connectivity index (χ4v) is 11.8. The van der Waals surface area contributed by atoms with Crippen molar-refractivity contribution in [2.75, 3.05) is 79.2 Å². The fraction of sp³-hybridized carbons (Fsp3) is 0.913. The number of hydrogen-bond donors (Lipinski definition) is 2. The third kappa shape index (κ3) is 12.6. The summed E-state index contributed by atoms with van der Waals surface area (Å²) in [6.45, 7) is 19.5. The van der Waals surface area contributed by atoms with Gasteiger partial charge in [0.1, 0.15) is 6.10 Å². The third-order valence-electron chi connectivity index (χ3n) is 14.9. The van der Waals surface area contributed by atoms with Crippen LogP contribution in [0.25, 0.3) is 0 Å². The van der Waals surface area contributed by atoms with Crippen molar-refractivity contribution < 1.29 is 43.1 Å². The number of nitrogens with one attached hydrogen (secondary N) is 1. The van der Waals surface area contributed by atoms with Gasteiger partial charge in [0.25, 0.3) is 0 Å².